The number of nitrogens with zero attached hydrogens (tertiary/aromatic N) is 2. The van der Waals surface area contributed by atoms with E-state index in [0.29, 0.717) is 16.8 Å². The van der Waals surface area contributed by atoms with E-state index in [-0.39, 0.29) is 17.8 Å². The molecule has 5 aromatic rings. The number of aryl methyl sites for hydroxylation is 1. The van der Waals surface area contributed by atoms with Crippen LogP contribution >= 0.6 is 0 Å². The Balaban J connectivity index is 1.36. The minimum absolute atomic E-state index is 0.0210. The average molecular weight is 571 g/mol. The first kappa shape index (κ1) is 28.4. The van der Waals surface area contributed by atoms with E-state index in [1.54, 1.807) is 6.07 Å². The van der Waals surface area contributed by atoms with Gasteiger partial charge in [-0.15, -0.1) is 0 Å². The molecule has 0 saturated carbocycles. The van der Waals surface area contributed by atoms with Crippen LogP contribution < -0.4 is 5.32 Å². The van der Waals surface area contributed by atoms with Crippen LogP contribution in [0.4, 0.5) is 5.69 Å². The Morgan fingerprint density at radius 3 is 2.44 bits per heavy atom. The van der Waals surface area contributed by atoms with E-state index < -0.39 is 0 Å². The van der Waals surface area contributed by atoms with Crippen molar-refractivity contribution in [2.75, 3.05) is 13.1 Å². The summed E-state index contributed by atoms with van der Waals surface area (Å²) in [7, 11) is 0. The number of aromatic nitrogens is 1. The number of likely N-dealkylation sites (tertiary alicyclic amines) is 1. The summed E-state index contributed by atoms with van der Waals surface area (Å²) in [6.45, 7) is 7.19. The highest BCUT2D eigenvalue weighted by atomic mass is 16.3. The van der Waals surface area contributed by atoms with E-state index in [1.165, 1.54) is 30.4 Å². The number of benzene rings is 4. The van der Waals surface area contributed by atoms with Crippen molar-refractivity contribution in [3.63, 3.8) is 0 Å². The molecule has 1 atom stereocenters. The Hall–Kier alpha value is -4.68. The number of H-pyrrole nitrogens is 1. The number of nitrogens with one attached hydrogen (secondary N) is 2. The molecule has 0 radical (unpaired) electrons. The Morgan fingerprint density at radius 2 is 1.67 bits per heavy atom. The highest BCUT2D eigenvalue weighted by Gasteiger charge is 2.21. The van der Waals surface area contributed by atoms with Crippen LogP contribution in [0, 0.1) is 6.92 Å². The summed E-state index contributed by atoms with van der Waals surface area (Å²) in [5.41, 5.74) is 7.61. The molecule has 3 N–H and O–H groups in total. The highest BCUT2D eigenvalue weighted by molar-refractivity contribution is 6.22. The first-order valence-corrected chi connectivity index (χ1v) is 15.1. The van der Waals surface area contributed by atoms with Crippen molar-refractivity contribution in [2.24, 2.45) is 4.99 Å². The molecule has 2 heterocycles. The molecule has 6 heteroatoms. The minimum Gasteiger partial charge on any atom is -0.494 e. The zero-order valence-electron chi connectivity index (χ0n) is 24.8. The van der Waals surface area contributed by atoms with Crippen molar-refractivity contribution >= 4 is 28.2 Å². The van der Waals surface area contributed by atoms with Gasteiger partial charge in [0.1, 0.15) is 0 Å². The van der Waals surface area contributed by atoms with Gasteiger partial charge in [0.15, 0.2) is 5.88 Å². The number of aromatic amines is 1. The number of aromatic hydroxyl groups is 1. The van der Waals surface area contributed by atoms with Gasteiger partial charge in [-0.2, -0.15) is 0 Å². The molecule has 1 aliphatic heterocycles. The third kappa shape index (κ3) is 6.55. The lowest BCUT2D eigenvalue weighted by molar-refractivity contribution is 0.0940. The first-order valence-electron chi connectivity index (χ1n) is 15.1. The summed E-state index contributed by atoms with van der Waals surface area (Å²) in [5.74, 6) is -0.155. The highest BCUT2D eigenvalue weighted by Crippen LogP contribution is 2.33. The number of rotatable bonds is 8. The number of carbonyl (C=O) groups excluding carboxylic acids is 1. The lowest BCUT2D eigenvalue weighted by atomic mass is 9.99. The Morgan fingerprint density at radius 1 is 0.907 bits per heavy atom. The van der Waals surface area contributed by atoms with Gasteiger partial charge in [0.25, 0.3) is 5.91 Å². The fraction of sp³-hybridized carbons (Fsp3) is 0.243. The second-order valence-electron chi connectivity index (χ2n) is 11.5. The van der Waals surface area contributed by atoms with Gasteiger partial charge in [0.05, 0.1) is 23.0 Å². The van der Waals surface area contributed by atoms with Crippen LogP contribution in [0.1, 0.15) is 70.4 Å². The van der Waals surface area contributed by atoms with Gasteiger partial charge in [-0.3, -0.25) is 9.69 Å². The molecular formula is C37H38N4O2. The molecule has 1 aliphatic rings. The van der Waals surface area contributed by atoms with Crippen molar-refractivity contribution in [3.8, 4) is 5.88 Å². The lowest BCUT2D eigenvalue weighted by Gasteiger charge is -2.26. The van der Waals surface area contributed by atoms with E-state index in [0.717, 1.165) is 47.4 Å². The van der Waals surface area contributed by atoms with E-state index in [1.807, 2.05) is 92.7 Å². The molecule has 1 fully saturated rings. The zero-order chi connectivity index (χ0) is 29.8. The molecule has 0 spiro atoms. The number of hydrogen-bond acceptors (Lipinski definition) is 4. The summed E-state index contributed by atoms with van der Waals surface area (Å²) in [4.78, 5) is 24.1. The molecule has 0 aliphatic carbocycles. The predicted octanol–water partition coefficient (Wildman–Crippen LogP) is 7.83. The maximum atomic E-state index is 13.4. The molecular weight excluding hydrogens is 532 g/mol. The van der Waals surface area contributed by atoms with Crippen LogP contribution in [0.2, 0.25) is 0 Å². The second-order valence-corrected chi connectivity index (χ2v) is 11.5. The van der Waals surface area contributed by atoms with Crippen molar-refractivity contribution < 1.29 is 9.90 Å². The van der Waals surface area contributed by atoms with Gasteiger partial charge in [0, 0.05) is 28.6 Å². The summed E-state index contributed by atoms with van der Waals surface area (Å²) < 4.78 is 0. The third-order valence-corrected chi connectivity index (χ3v) is 8.26. The largest absolute Gasteiger partial charge is 0.494 e. The van der Waals surface area contributed by atoms with Gasteiger partial charge >= 0.3 is 0 Å². The van der Waals surface area contributed by atoms with Crippen molar-refractivity contribution in [2.45, 2.75) is 45.7 Å². The molecule has 43 heavy (non-hydrogen) atoms. The fourth-order valence-corrected chi connectivity index (χ4v) is 5.87. The number of aliphatic imine (C=N–C) groups is 1. The molecule has 1 amide bonds. The van der Waals surface area contributed by atoms with E-state index in [2.05, 4.69) is 27.3 Å². The van der Waals surface area contributed by atoms with Crippen molar-refractivity contribution in [1.29, 1.82) is 0 Å². The van der Waals surface area contributed by atoms with Crippen LogP contribution in [0.25, 0.3) is 10.9 Å². The third-order valence-electron chi connectivity index (χ3n) is 8.26. The Bertz CT molecular complexity index is 1750. The lowest BCUT2D eigenvalue weighted by Crippen LogP contribution is -2.28. The smallest absolute Gasteiger partial charge is 0.251 e. The number of hydrogen-bond donors (Lipinski definition) is 3. The number of amides is 1. The van der Waals surface area contributed by atoms with E-state index in [9.17, 15) is 9.90 Å². The van der Waals surface area contributed by atoms with Gasteiger partial charge < -0.3 is 15.4 Å². The molecule has 1 saturated heterocycles. The summed E-state index contributed by atoms with van der Waals surface area (Å²) in [5, 5.41) is 15.1. The normalized spacial score (nSPS) is 15.0. The molecule has 218 valence electrons. The first-order chi connectivity index (χ1) is 20.9. The van der Waals surface area contributed by atoms with Gasteiger partial charge in [0.2, 0.25) is 0 Å². The van der Waals surface area contributed by atoms with Crippen LogP contribution in [-0.2, 0) is 6.54 Å². The predicted molar refractivity (Wildman–Crippen MR) is 174 cm³/mol. The molecule has 6 rings (SSSR count). The quantitative estimate of drug-likeness (QED) is 0.166. The maximum absolute atomic E-state index is 13.4. The Kier molecular flexibility index (Phi) is 8.38. The number of piperidine rings is 1. The molecule has 6 nitrogen and oxygen atoms in total. The van der Waals surface area contributed by atoms with Crippen LogP contribution in [0.3, 0.4) is 0 Å². The number of fused-ring (bicyclic) bond motifs is 1. The van der Waals surface area contributed by atoms with Gasteiger partial charge in [-0.25, -0.2) is 4.99 Å². The summed E-state index contributed by atoms with van der Waals surface area (Å²) in [6, 6.07) is 31.7. The fourth-order valence-electron chi connectivity index (χ4n) is 5.87. The van der Waals surface area contributed by atoms with Gasteiger partial charge in [-0.1, -0.05) is 78.7 Å². The Labute approximate surface area is 253 Å². The monoisotopic (exact) mass is 570 g/mol. The zero-order valence-corrected chi connectivity index (χ0v) is 24.8. The van der Waals surface area contributed by atoms with E-state index >= 15 is 0 Å². The topological polar surface area (TPSA) is 80.7 Å². The number of carbonyl (C=O) groups is 1. The molecule has 4 aromatic carbocycles. The minimum atomic E-state index is -0.176. The standard InChI is InChI=1S/C37H38N4O2/c1-25-14-16-28(17-15-25)26(2)38-36(42)30-18-19-33-32(23-30)34(37(43)40-33)35(29-11-5-3-6-12-29)39-31-13-9-10-27(22-31)24-41-20-7-4-8-21-41/h3,5-6,9-19,22-23,26,40,43H,4,7-8,20-21,24H2,1-2H3,(H,38,42)/t26-/m1/s1. The molecule has 0 unspecified atom stereocenters. The van der Waals surface area contributed by atoms with Gasteiger partial charge in [-0.05, 0) is 81.2 Å². The maximum Gasteiger partial charge on any atom is 0.251 e. The molecule has 0 bridgehead atoms. The average Bonchev–Trinajstić information content (AvgIpc) is 3.36. The van der Waals surface area contributed by atoms with Crippen LogP contribution in [0.5, 0.6) is 5.88 Å². The SMILES string of the molecule is Cc1ccc([C@@H](C)NC(=O)c2ccc3[nH]c(O)c(C(=Nc4cccc(CN5CCCCC5)c4)c4ccccc4)c3c2)cc1. The van der Waals surface area contributed by atoms with Crippen molar-refractivity contribution in [1.82, 2.24) is 15.2 Å². The summed E-state index contributed by atoms with van der Waals surface area (Å²) in [6.07, 6.45) is 3.81. The molecule has 1 aromatic heterocycles. The van der Waals surface area contributed by atoms with Crippen LogP contribution in [-0.4, -0.2) is 39.7 Å². The van der Waals surface area contributed by atoms with Crippen LogP contribution in [0.15, 0.2) is 102 Å². The summed E-state index contributed by atoms with van der Waals surface area (Å²) >= 11 is 0. The van der Waals surface area contributed by atoms with E-state index in [4.69, 9.17) is 4.99 Å². The second kappa shape index (κ2) is 12.7. The van der Waals surface area contributed by atoms with Crippen molar-refractivity contribution in [3.05, 3.63) is 130 Å².